The minimum atomic E-state index is -0.525. The first-order chi connectivity index (χ1) is 14.7. The van der Waals surface area contributed by atoms with Gasteiger partial charge in [-0.2, -0.15) is 5.10 Å². The van der Waals surface area contributed by atoms with E-state index < -0.39 is 5.60 Å². The molecule has 0 aromatic carbocycles. The van der Waals surface area contributed by atoms with Gasteiger partial charge >= 0.3 is 6.09 Å². The second kappa shape index (κ2) is 12.1. The van der Waals surface area contributed by atoms with Gasteiger partial charge in [-0.15, -0.1) is 0 Å². The summed E-state index contributed by atoms with van der Waals surface area (Å²) in [6.07, 6.45) is 10.5. The summed E-state index contributed by atoms with van der Waals surface area (Å²) in [5.41, 5.74) is 0.818. The predicted molar refractivity (Wildman–Crippen MR) is 123 cm³/mol. The lowest BCUT2D eigenvalue weighted by atomic mass is 10.1. The number of rotatable bonds is 10. The fourth-order valence-electron chi connectivity index (χ4n) is 3.83. The molecule has 31 heavy (non-hydrogen) atoms. The summed E-state index contributed by atoms with van der Waals surface area (Å²) >= 11 is 0. The second-order valence-corrected chi connectivity index (χ2v) is 9.70. The number of carbonyl (C=O) groups is 2. The van der Waals surface area contributed by atoms with Crippen LogP contribution in [0.15, 0.2) is 6.07 Å². The molecule has 0 atom stereocenters. The van der Waals surface area contributed by atoms with Crippen LogP contribution in [-0.4, -0.2) is 57.3 Å². The van der Waals surface area contributed by atoms with Crippen LogP contribution >= 0.6 is 0 Å². The highest BCUT2D eigenvalue weighted by molar-refractivity contribution is 5.92. The number of aryl methyl sites for hydroxylation is 1. The third-order valence-corrected chi connectivity index (χ3v) is 5.58. The maximum absolute atomic E-state index is 12.8. The maximum Gasteiger partial charge on any atom is 0.410 e. The Bertz CT molecular complexity index is 708. The molecule has 0 N–H and O–H groups in total. The van der Waals surface area contributed by atoms with E-state index >= 15 is 0 Å². The number of hydrogen-bond acceptors (Lipinski definition) is 4. The first kappa shape index (κ1) is 25.2. The van der Waals surface area contributed by atoms with Crippen LogP contribution in [0.25, 0.3) is 0 Å². The number of amides is 2. The number of fused-ring (bicyclic) bond motifs is 1. The standard InChI is InChI=1S/C24H42N4O3/c1-6-7-8-9-10-11-12-13-15-26(5)22(29)21-18-20-19-27(16-14-17-28(20)25-21)23(30)31-24(2,3)4/h18H,6-17,19H2,1-5H3. The van der Waals surface area contributed by atoms with Crippen molar-refractivity contribution in [1.82, 2.24) is 19.6 Å². The fourth-order valence-corrected chi connectivity index (χ4v) is 3.83. The van der Waals surface area contributed by atoms with Crippen molar-refractivity contribution in [3.05, 3.63) is 17.5 Å². The van der Waals surface area contributed by atoms with E-state index in [1.165, 1.54) is 38.5 Å². The quantitative estimate of drug-likeness (QED) is 0.473. The molecule has 2 rings (SSSR count). The van der Waals surface area contributed by atoms with Gasteiger partial charge in [-0.25, -0.2) is 4.79 Å². The van der Waals surface area contributed by atoms with E-state index in [2.05, 4.69) is 12.0 Å². The normalized spacial score (nSPS) is 14.2. The molecule has 0 saturated carbocycles. The van der Waals surface area contributed by atoms with Crippen molar-refractivity contribution >= 4 is 12.0 Å². The number of unbranched alkanes of at least 4 members (excludes halogenated alkanes) is 7. The molecule has 0 bridgehead atoms. The first-order valence-electron chi connectivity index (χ1n) is 12.0. The van der Waals surface area contributed by atoms with Crippen LogP contribution in [0.4, 0.5) is 4.79 Å². The highest BCUT2D eigenvalue weighted by Gasteiger charge is 2.26. The summed E-state index contributed by atoms with van der Waals surface area (Å²) in [4.78, 5) is 28.8. The van der Waals surface area contributed by atoms with Crippen LogP contribution in [0.3, 0.4) is 0 Å². The number of hydrogen-bond donors (Lipinski definition) is 0. The van der Waals surface area contributed by atoms with Crippen LogP contribution in [0.1, 0.15) is 102 Å². The molecule has 1 aromatic rings. The molecule has 7 heteroatoms. The van der Waals surface area contributed by atoms with Gasteiger partial charge in [0.15, 0.2) is 5.69 Å². The van der Waals surface area contributed by atoms with E-state index in [0.717, 1.165) is 31.5 Å². The van der Waals surface area contributed by atoms with Gasteiger partial charge in [-0.3, -0.25) is 9.48 Å². The molecule has 1 aliphatic rings. The van der Waals surface area contributed by atoms with Crippen LogP contribution in [0.2, 0.25) is 0 Å². The van der Waals surface area contributed by atoms with E-state index in [1.54, 1.807) is 9.80 Å². The van der Waals surface area contributed by atoms with Gasteiger partial charge in [-0.05, 0) is 39.7 Å². The van der Waals surface area contributed by atoms with Crippen molar-refractivity contribution in [3.8, 4) is 0 Å². The number of aromatic nitrogens is 2. The topological polar surface area (TPSA) is 67.7 Å². The Morgan fingerprint density at radius 2 is 1.71 bits per heavy atom. The van der Waals surface area contributed by atoms with E-state index in [-0.39, 0.29) is 12.0 Å². The SMILES string of the molecule is CCCCCCCCCCN(C)C(=O)c1cc2n(n1)CCCN(C(=O)OC(C)(C)C)C2. The molecule has 0 radical (unpaired) electrons. The Labute approximate surface area is 188 Å². The van der Waals surface area contributed by atoms with Crippen molar-refractivity contribution in [2.75, 3.05) is 20.1 Å². The molecule has 2 heterocycles. The molecule has 2 amide bonds. The third kappa shape index (κ3) is 8.54. The largest absolute Gasteiger partial charge is 0.444 e. The van der Waals surface area contributed by atoms with Crippen molar-refractivity contribution in [2.45, 2.75) is 104 Å². The molecular formula is C24H42N4O3. The minimum absolute atomic E-state index is 0.0488. The van der Waals surface area contributed by atoms with Gasteiger partial charge in [-0.1, -0.05) is 51.9 Å². The van der Waals surface area contributed by atoms with Crippen molar-refractivity contribution < 1.29 is 14.3 Å². The Balaban J connectivity index is 1.83. The van der Waals surface area contributed by atoms with E-state index in [0.29, 0.717) is 25.3 Å². The second-order valence-electron chi connectivity index (χ2n) is 9.70. The predicted octanol–water partition coefficient (Wildman–Crippen LogP) is 5.24. The third-order valence-electron chi connectivity index (χ3n) is 5.58. The summed E-state index contributed by atoms with van der Waals surface area (Å²) in [5, 5.41) is 4.53. The lowest BCUT2D eigenvalue weighted by molar-refractivity contribution is 0.0236. The molecule has 0 unspecified atom stereocenters. The van der Waals surface area contributed by atoms with Crippen LogP contribution < -0.4 is 0 Å². The molecule has 0 spiro atoms. The zero-order chi connectivity index (χ0) is 22.9. The average Bonchev–Trinajstić information content (AvgIpc) is 2.99. The Kier molecular flexibility index (Phi) is 9.85. The maximum atomic E-state index is 12.8. The number of nitrogens with zero attached hydrogens (tertiary/aromatic N) is 4. The van der Waals surface area contributed by atoms with Crippen LogP contribution in [-0.2, 0) is 17.8 Å². The number of ether oxygens (including phenoxy) is 1. The van der Waals surface area contributed by atoms with E-state index in [9.17, 15) is 9.59 Å². The summed E-state index contributed by atoms with van der Waals surface area (Å²) in [5.74, 6) is -0.0488. The molecule has 0 saturated heterocycles. The van der Waals surface area contributed by atoms with Crippen LogP contribution in [0, 0.1) is 0 Å². The van der Waals surface area contributed by atoms with Gasteiger partial charge < -0.3 is 14.5 Å². The summed E-state index contributed by atoms with van der Waals surface area (Å²) in [7, 11) is 1.85. The first-order valence-corrected chi connectivity index (χ1v) is 12.0. The minimum Gasteiger partial charge on any atom is -0.444 e. The van der Waals surface area contributed by atoms with E-state index in [4.69, 9.17) is 4.74 Å². The Hall–Kier alpha value is -2.05. The monoisotopic (exact) mass is 434 g/mol. The highest BCUT2D eigenvalue weighted by atomic mass is 16.6. The van der Waals surface area contributed by atoms with E-state index in [1.807, 2.05) is 38.6 Å². The van der Waals surface area contributed by atoms with Gasteiger partial charge in [0.1, 0.15) is 5.60 Å². The van der Waals surface area contributed by atoms with Crippen molar-refractivity contribution in [2.24, 2.45) is 0 Å². The van der Waals surface area contributed by atoms with Gasteiger partial charge in [0.25, 0.3) is 5.91 Å². The Morgan fingerprint density at radius 3 is 2.35 bits per heavy atom. The molecular weight excluding hydrogens is 392 g/mol. The molecule has 1 aromatic heterocycles. The van der Waals surface area contributed by atoms with Crippen molar-refractivity contribution in [3.63, 3.8) is 0 Å². The van der Waals surface area contributed by atoms with Gasteiger partial charge in [0, 0.05) is 26.7 Å². The molecule has 0 fully saturated rings. The number of carbonyl (C=O) groups excluding carboxylic acids is 2. The average molecular weight is 435 g/mol. The zero-order valence-electron chi connectivity index (χ0n) is 20.3. The fraction of sp³-hybridized carbons (Fsp3) is 0.792. The highest BCUT2D eigenvalue weighted by Crippen LogP contribution is 2.18. The van der Waals surface area contributed by atoms with Gasteiger partial charge in [0.05, 0.1) is 12.2 Å². The summed E-state index contributed by atoms with van der Waals surface area (Å²) in [6, 6.07) is 1.83. The lowest BCUT2D eigenvalue weighted by Crippen LogP contribution is -2.36. The molecule has 0 aliphatic carbocycles. The zero-order valence-corrected chi connectivity index (χ0v) is 20.3. The molecule has 7 nitrogen and oxygen atoms in total. The molecule has 176 valence electrons. The summed E-state index contributed by atoms with van der Waals surface area (Å²) in [6.45, 7) is 10.3. The summed E-state index contributed by atoms with van der Waals surface area (Å²) < 4.78 is 7.38. The smallest absolute Gasteiger partial charge is 0.410 e. The van der Waals surface area contributed by atoms with Crippen molar-refractivity contribution in [1.29, 1.82) is 0 Å². The molecule has 1 aliphatic heterocycles. The van der Waals surface area contributed by atoms with Crippen LogP contribution in [0.5, 0.6) is 0 Å². The lowest BCUT2D eigenvalue weighted by Gasteiger charge is -2.26. The Morgan fingerprint density at radius 1 is 1.06 bits per heavy atom. The van der Waals surface area contributed by atoms with Gasteiger partial charge in [0.2, 0.25) is 0 Å².